The van der Waals surface area contributed by atoms with Gasteiger partial charge in [0.1, 0.15) is 5.75 Å². The van der Waals surface area contributed by atoms with Gasteiger partial charge in [-0.2, -0.15) is 8.78 Å². The molecule has 0 N–H and O–H groups in total. The molecule has 0 saturated heterocycles. The molecule has 0 aliphatic heterocycles. The van der Waals surface area contributed by atoms with Crippen molar-refractivity contribution in [3.8, 4) is 5.75 Å². The van der Waals surface area contributed by atoms with E-state index in [0.717, 1.165) is 52.8 Å². The number of rotatable bonds is 7. The first-order valence-electron chi connectivity index (χ1n) is 14.0. The van der Waals surface area contributed by atoms with E-state index in [1.165, 1.54) is 50.5 Å². The van der Waals surface area contributed by atoms with Crippen molar-refractivity contribution in [3.05, 3.63) is 69.3 Å². The third kappa shape index (κ3) is 5.87. The van der Waals surface area contributed by atoms with Crippen molar-refractivity contribution in [2.75, 3.05) is 0 Å². The van der Waals surface area contributed by atoms with E-state index < -0.39 is 6.11 Å². The topological polar surface area (TPSA) is 9.23 Å². The Labute approximate surface area is 217 Å². The predicted molar refractivity (Wildman–Crippen MR) is 147 cm³/mol. The quantitative estimate of drug-likeness (QED) is 0.372. The second-order valence-corrected chi connectivity index (χ2v) is 11.6. The van der Waals surface area contributed by atoms with Crippen molar-refractivity contribution in [2.24, 2.45) is 17.8 Å². The van der Waals surface area contributed by atoms with Crippen LogP contribution in [-0.2, 0) is 6.11 Å². The van der Waals surface area contributed by atoms with E-state index in [4.69, 9.17) is 4.74 Å². The summed E-state index contributed by atoms with van der Waals surface area (Å²) in [5, 5.41) is 0. The van der Waals surface area contributed by atoms with Crippen LogP contribution in [0.2, 0.25) is 0 Å². The fraction of sp³-hybridized carbons (Fsp3) is 0.576. The molecule has 3 heteroatoms. The summed E-state index contributed by atoms with van der Waals surface area (Å²) in [6.07, 6.45) is 10.7. The first kappa shape index (κ1) is 26.9. The molecule has 1 nitrogen and oxygen atoms in total. The van der Waals surface area contributed by atoms with Crippen LogP contribution in [0.4, 0.5) is 8.78 Å². The monoisotopic (exact) mass is 494 g/mol. The fourth-order valence-corrected chi connectivity index (χ4v) is 6.76. The summed E-state index contributed by atoms with van der Waals surface area (Å²) in [6, 6.07) is 7.28. The Hall–Kier alpha value is -2.16. The minimum Gasteiger partial charge on any atom is -0.429 e. The smallest absolute Gasteiger partial charge is 0.427 e. The molecule has 2 aliphatic carbocycles. The van der Waals surface area contributed by atoms with Gasteiger partial charge in [0.2, 0.25) is 0 Å². The number of hydrogen-bond donors (Lipinski definition) is 0. The van der Waals surface area contributed by atoms with Crippen molar-refractivity contribution in [2.45, 2.75) is 105 Å². The Morgan fingerprint density at radius 3 is 1.94 bits per heavy atom. The molecule has 1 saturated carbocycles. The molecule has 0 amide bonds. The lowest BCUT2D eigenvalue weighted by Gasteiger charge is -2.35. The maximum absolute atomic E-state index is 15.4. The second kappa shape index (κ2) is 11.1. The highest BCUT2D eigenvalue weighted by Crippen LogP contribution is 2.43. The van der Waals surface area contributed by atoms with Crippen molar-refractivity contribution >= 4 is 5.57 Å². The van der Waals surface area contributed by atoms with Crippen molar-refractivity contribution in [3.63, 3.8) is 0 Å². The lowest BCUT2D eigenvalue weighted by atomic mass is 9.70. The summed E-state index contributed by atoms with van der Waals surface area (Å²) in [5.41, 5.74) is 6.60. The van der Waals surface area contributed by atoms with Gasteiger partial charge < -0.3 is 4.74 Å². The van der Waals surface area contributed by atoms with Gasteiger partial charge in [-0.05, 0) is 136 Å². The summed E-state index contributed by atoms with van der Waals surface area (Å²) < 4.78 is 36.1. The van der Waals surface area contributed by atoms with Crippen LogP contribution in [0.15, 0.2) is 30.3 Å². The van der Waals surface area contributed by atoms with E-state index >= 15 is 8.78 Å². The minimum absolute atomic E-state index is 0.0137. The van der Waals surface area contributed by atoms with Crippen LogP contribution in [-0.4, -0.2) is 0 Å². The second-order valence-electron chi connectivity index (χ2n) is 11.6. The molecule has 196 valence electrons. The minimum atomic E-state index is -3.39. The highest BCUT2D eigenvalue weighted by molar-refractivity contribution is 5.68. The number of allylic oxidation sites excluding steroid dienone is 2. The molecular formula is C33H44F2O. The van der Waals surface area contributed by atoms with Crippen molar-refractivity contribution in [1.82, 2.24) is 0 Å². The van der Waals surface area contributed by atoms with E-state index in [-0.39, 0.29) is 11.3 Å². The predicted octanol–water partition coefficient (Wildman–Crippen LogP) is 10.1. The molecule has 0 radical (unpaired) electrons. The van der Waals surface area contributed by atoms with Gasteiger partial charge in [-0.1, -0.05) is 50.8 Å². The zero-order valence-electron chi connectivity index (χ0n) is 23.1. The lowest BCUT2D eigenvalue weighted by molar-refractivity contribution is -0.186. The average molecular weight is 495 g/mol. The zero-order valence-corrected chi connectivity index (χ0v) is 23.1. The van der Waals surface area contributed by atoms with Gasteiger partial charge in [0, 0.05) is 0 Å². The number of benzene rings is 2. The van der Waals surface area contributed by atoms with E-state index in [2.05, 4.69) is 13.0 Å². The summed E-state index contributed by atoms with van der Waals surface area (Å²) >= 11 is 0. The molecule has 2 aromatic carbocycles. The molecule has 2 aromatic rings. The number of hydrogen-bond acceptors (Lipinski definition) is 1. The molecule has 4 rings (SSSR count). The number of alkyl halides is 2. The van der Waals surface area contributed by atoms with Gasteiger partial charge in [0.15, 0.2) is 0 Å². The first-order valence-corrected chi connectivity index (χ1v) is 14.0. The zero-order chi connectivity index (χ0) is 26.0. The van der Waals surface area contributed by atoms with E-state index in [1.807, 2.05) is 32.9 Å². The van der Waals surface area contributed by atoms with Crippen LogP contribution in [0.25, 0.3) is 5.57 Å². The Morgan fingerprint density at radius 1 is 0.806 bits per heavy atom. The van der Waals surface area contributed by atoms with E-state index in [9.17, 15) is 0 Å². The first-order chi connectivity index (χ1) is 17.1. The van der Waals surface area contributed by atoms with Gasteiger partial charge in [0.05, 0.1) is 5.56 Å². The summed E-state index contributed by atoms with van der Waals surface area (Å²) in [5.74, 6) is 2.82. The van der Waals surface area contributed by atoms with Gasteiger partial charge in [-0.15, -0.1) is 0 Å². The molecule has 2 aliphatic rings. The van der Waals surface area contributed by atoms with E-state index in [1.54, 1.807) is 26.0 Å². The Morgan fingerprint density at radius 2 is 1.42 bits per heavy atom. The third-order valence-corrected chi connectivity index (χ3v) is 9.05. The molecule has 1 atom stereocenters. The van der Waals surface area contributed by atoms with Crippen LogP contribution in [0.5, 0.6) is 5.75 Å². The maximum Gasteiger partial charge on any atom is 0.427 e. The summed E-state index contributed by atoms with van der Waals surface area (Å²) in [4.78, 5) is 0. The normalized spacial score (nSPS) is 22.9. The van der Waals surface area contributed by atoms with Crippen molar-refractivity contribution in [1.29, 1.82) is 0 Å². The van der Waals surface area contributed by atoms with Crippen molar-refractivity contribution < 1.29 is 13.5 Å². The molecule has 0 aromatic heterocycles. The lowest BCUT2D eigenvalue weighted by Crippen LogP contribution is -2.25. The summed E-state index contributed by atoms with van der Waals surface area (Å²) in [7, 11) is 0. The highest BCUT2D eigenvalue weighted by atomic mass is 19.3. The Kier molecular flexibility index (Phi) is 8.27. The van der Waals surface area contributed by atoms with Crippen LogP contribution in [0.1, 0.15) is 104 Å². The number of halogens is 2. The third-order valence-electron chi connectivity index (χ3n) is 9.05. The molecular weight excluding hydrogens is 450 g/mol. The van der Waals surface area contributed by atoms with Gasteiger partial charge >= 0.3 is 6.11 Å². The molecule has 1 fully saturated rings. The molecule has 0 heterocycles. The summed E-state index contributed by atoms with van der Waals surface area (Å²) in [6.45, 7) is 11.7. The Balaban J connectivity index is 1.47. The standard InChI is InChI=1S/C33H44F2O/c1-7-8-26-9-11-27(12-10-26)28-13-15-29(16-14-28)30-17-23(4)32(24(5)18-30)33(34,35)36-31-19-21(2)25(6)22(3)20-31/h15,17-20,26-28H,7-14,16H2,1-6H3. The van der Waals surface area contributed by atoms with Crippen LogP contribution >= 0.6 is 0 Å². The largest absolute Gasteiger partial charge is 0.429 e. The number of aryl methyl sites for hydroxylation is 4. The SMILES string of the molecule is CCCC1CCC(C2CC=C(c3cc(C)c(C(F)(F)Oc4cc(C)c(C)c(C)c4)c(C)c3)CC2)CC1. The fourth-order valence-electron chi connectivity index (χ4n) is 6.76. The maximum atomic E-state index is 15.4. The number of ether oxygens (including phenoxy) is 1. The van der Waals surface area contributed by atoms with Gasteiger partial charge in [-0.25, -0.2) is 0 Å². The van der Waals surface area contributed by atoms with Gasteiger partial charge in [-0.3, -0.25) is 0 Å². The molecule has 36 heavy (non-hydrogen) atoms. The van der Waals surface area contributed by atoms with Crippen LogP contribution in [0, 0.1) is 52.4 Å². The molecule has 1 unspecified atom stereocenters. The van der Waals surface area contributed by atoms with E-state index in [0.29, 0.717) is 11.1 Å². The highest BCUT2D eigenvalue weighted by Gasteiger charge is 2.38. The Bertz CT molecular complexity index is 1060. The van der Waals surface area contributed by atoms with Crippen LogP contribution in [0.3, 0.4) is 0 Å². The molecule has 0 spiro atoms. The van der Waals surface area contributed by atoms with Gasteiger partial charge in [0.25, 0.3) is 0 Å². The van der Waals surface area contributed by atoms with Crippen LogP contribution < -0.4 is 4.74 Å². The molecule has 0 bridgehead atoms. The average Bonchev–Trinajstić information content (AvgIpc) is 2.82.